The van der Waals surface area contributed by atoms with E-state index in [2.05, 4.69) is 23.6 Å². The number of aryl methyl sites for hydroxylation is 2. The second-order valence-electron chi connectivity index (χ2n) is 8.43. The van der Waals surface area contributed by atoms with Gasteiger partial charge in [-0.2, -0.15) is 0 Å². The number of rotatable bonds is 7. The number of fused-ring (bicyclic) bond motifs is 1. The molecule has 1 atom stereocenters. The number of anilines is 1. The highest BCUT2D eigenvalue weighted by atomic mass is 35.5. The van der Waals surface area contributed by atoms with Crippen LogP contribution in [-0.4, -0.2) is 28.6 Å². The summed E-state index contributed by atoms with van der Waals surface area (Å²) in [7, 11) is 0. The molecule has 1 saturated heterocycles. The van der Waals surface area contributed by atoms with Gasteiger partial charge in [0.05, 0.1) is 28.4 Å². The molecule has 2 heterocycles. The van der Waals surface area contributed by atoms with Crippen LogP contribution in [0.2, 0.25) is 5.02 Å². The zero-order valence-electron chi connectivity index (χ0n) is 18.6. The van der Waals surface area contributed by atoms with Gasteiger partial charge < -0.3 is 14.2 Å². The molecule has 1 aromatic heterocycles. The molecule has 5 nitrogen and oxygen atoms in total. The van der Waals surface area contributed by atoms with Crippen LogP contribution in [0.1, 0.15) is 30.1 Å². The number of hydrogen-bond acceptors (Lipinski definition) is 3. The topological polar surface area (TPSA) is 47.4 Å². The van der Waals surface area contributed by atoms with Crippen LogP contribution in [-0.2, 0) is 11.3 Å². The van der Waals surface area contributed by atoms with E-state index >= 15 is 0 Å². The van der Waals surface area contributed by atoms with Gasteiger partial charge in [-0.05, 0) is 49.2 Å². The molecule has 3 aromatic carbocycles. The molecule has 1 aliphatic heterocycles. The molecule has 6 heteroatoms. The van der Waals surface area contributed by atoms with Crippen molar-refractivity contribution < 1.29 is 9.53 Å². The summed E-state index contributed by atoms with van der Waals surface area (Å²) >= 11 is 6.38. The van der Waals surface area contributed by atoms with E-state index in [0.717, 1.165) is 46.8 Å². The molecule has 1 fully saturated rings. The smallest absolute Gasteiger partial charge is 0.227 e. The number of carbonyl (C=O) groups excluding carboxylic acids is 1. The average Bonchev–Trinajstić information content (AvgIpc) is 3.38. The minimum absolute atomic E-state index is 0.0125. The fourth-order valence-corrected chi connectivity index (χ4v) is 4.79. The van der Waals surface area contributed by atoms with Gasteiger partial charge >= 0.3 is 0 Å². The fraction of sp³-hybridized carbons (Fsp3) is 0.259. The van der Waals surface area contributed by atoms with Gasteiger partial charge in [-0.25, -0.2) is 4.98 Å². The maximum absolute atomic E-state index is 12.9. The maximum atomic E-state index is 12.9. The first-order valence-corrected chi connectivity index (χ1v) is 11.7. The number of amides is 1. The summed E-state index contributed by atoms with van der Waals surface area (Å²) in [4.78, 5) is 19.6. The van der Waals surface area contributed by atoms with Crippen molar-refractivity contribution in [3.8, 4) is 5.75 Å². The highest BCUT2D eigenvalue weighted by Crippen LogP contribution is 2.36. The fourth-order valence-electron chi connectivity index (χ4n) is 4.55. The minimum atomic E-state index is 0.0125. The summed E-state index contributed by atoms with van der Waals surface area (Å²) in [6, 6.07) is 23.7. The number of imidazole rings is 1. The number of hydrogen-bond donors (Lipinski definition) is 0. The number of para-hydroxylation sites is 4. The Kier molecular flexibility index (Phi) is 6.05. The Morgan fingerprint density at radius 3 is 2.64 bits per heavy atom. The van der Waals surface area contributed by atoms with Crippen LogP contribution < -0.4 is 9.64 Å². The van der Waals surface area contributed by atoms with Crippen molar-refractivity contribution in [2.45, 2.75) is 32.2 Å². The molecule has 33 heavy (non-hydrogen) atoms. The normalized spacial score (nSPS) is 16.0. The van der Waals surface area contributed by atoms with Gasteiger partial charge in [0.25, 0.3) is 0 Å². The molecule has 168 valence electrons. The van der Waals surface area contributed by atoms with Crippen LogP contribution in [0, 0.1) is 6.92 Å². The van der Waals surface area contributed by atoms with Crippen LogP contribution in [0.3, 0.4) is 0 Å². The van der Waals surface area contributed by atoms with E-state index in [0.29, 0.717) is 24.6 Å². The molecule has 4 aromatic rings. The van der Waals surface area contributed by atoms with E-state index in [4.69, 9.17) is 21.3 Å². The first kappa shape index (κ1) is 21.5. The summed E-state index contributed by atoms with van der Waals surface area (Å²) < 4.78 is 8.26. The third-order valence-corrected chi connectivity index (χ3v) is 6.51. The van der Waals surface area contributed by atoms with Crippen LogP contribution >= 0.6 is 11.6 Å². The molecule has 1 amide bonds. The number of benzene rings is 3. The molecule has 0 aliphatic carbocycles. The number of ether oxygens (including phenoxy) is 1. The lowest BCUT2D eigenvalue weighted by atomic mass is 10.1. The van der Waals surface area contributed by atoms with Gasteiger partial charge in [-0.15, -0.1) is 0 Å². The van der Waals surface area contributed by atoms with Crippen molar-refractivity contribution >= 4 is 34.2 Å². The van der Waals surface area contributed by atoms with Crippen molar-refractivity contribution in [1.29, 1.82) is 0 Å². The van der Waals surface area contributed by atoms with Crippen molar-refractivity contribution in [2.24, 2.45) is 0 Å². The first-order valence-electron chi connectivity index (χ1n) is 11.3. The second-order valence-corrected chi connectivity index (χ2v) is 8.84. The van der Waals surface area contributed by atoms with E-state index in [1.54, 1.807) is 4.90 Å². The Labute approximate surface area is 198 Å². The molecule has 0 unspecified atom stereocenters. The second kappa shape index (κ2) is 9.28. The van der Waals surface area contributed by atoms with E-state index in [9.17, 15) is 4.79 Å². The summed E-state index contributed by atoms with van der Waals surface area (Å²) in [5.41, 5.74) is 3.94. The Morgan fingerprint density at radius 2 is 1.79 bits per heavy atom. The molecule has 0 N–H and O–H groups in total. The van der Waals surface area contributed by atoms with Gasteiger partial charge in [0, 0.05) is 25.4 Å². The first-order chi connectivity index (χ1) is 16.1. The summed E-state index contributed by atoms with van der Waals surface area (Å²) in [6.07, 6.45) is 1.27. The van der Waals surface area contributed by atoms with E-state index < -0.39 is 0 Å². The Hall–Kier alpha value is -3.31. The summed E-state index contributed by atoms with van der Waals surface area (Å²) in [5.74, 6) is 1.97. The predicted octanol–water partition coefficient (Wildman–Crippen LogP) is 5.99. The molecule has 0 saturated carbocycles. The van der Waals surface area contributed by atoms with Crippen molar-refractivity contribution in [2.75, 3.05) is 18.1 Å². The quantitative estimate of drug-likeness (QED) is 0.319. The number of aromatic nitrogens is 2. The zero-order chi connectivity index (χ0) is 22.8. The standard InChI is InChI=1S/C27H26ClN3O2/c1-19-9-2-7-14-25(19)33-16-8-15-30-24-13-6-4-11-22(24)29-27(30)20-17-26(32)31(18-20)23-12-5-3-10-21(23)28/h2-7,9-14,20H,8,15-18H2,1H3/t20-/m1/s1. The third kappa shape index (κ3) is 4.33. The van der Waals surface area contributed by atoms with Gasteiger partial charge in [0.15, 0.2) is 0 Å². The molecule has 1 aliphatic rings. The Balaban J connectivity index is 1.36. The summed E-state index contributed by atoms with van der Waals surface area (Å²) in [5, 5.41) is 0.591. The zero-order valence-corrected chi connectivity index (χ0v) is 19.3. The molecular weight excluding hydrogens is 434 g/mol. The predicted molar refractivity (Wildman–Crippen MR) is 132 cm³/mol. The van der Waals surface area contributed by atoms with Crippen LogP contribution in [0.25, 0.3) is 11.0 Å². The lowest BCUT2D eigenvalue weighted by Gasteiger charge is -2.18. The Morgan fingerprint density at radius 1 is 1.03 bits per heavy atom. The number of nitrogens with zero attached hydrogens (tertiary/aromatic N) is 3. The van der Waals surface area contributed by atoms with Gasteiger partial charge in [-0.3, -0.25) is 4.79 Å². The lowest BCUT2D eigenvalue weighted by Crippen LogP contribution is -2.24. The van der Waals surface area contributed by atoms with Crippen molar-refractivity contribution in [3.63, 3.8) is 0 Å². The van der Waals surface area contributed by atoms with Crippen LogP contribution in [0.5, 0.6) is 5.75 Å². The highest BCUT2D eigenvalue weighted by Gasteiger charge is 2.35. The molecule has 5 rings (SSSR count). The SMILES string of the molecule is Cc1ccccc1OCCCn1c([C@@H]2CC(=O)N(c3ccccc3Cl)C2)nc2ccccc21. The van der Waals surface area contributed by atoms with E-state index in [-0.39, 0.29) is 11.8 Å². The van der Waals surface area contributed by atoms with Gasteiger partial charge in [0.2, 0.25) is 5.91 Å². The maximum Gasteiger partial charge on any atom is 0.227 e. The highest BCUT2D eigenvalue weighted by molar-refractivity contribution is 6.33. The van der Waals surface area contributed by atoms with Gasteiger partial charge in [0.1, 0.15) is 11.6 Å². The van der Waals surface area contributed by atoms with Crippen LogP contribution in [0.15, 0.2) is 72.8 Å². The largest absolute Gasteiger partial charge is 0.493 e. The summed E-state index contributed by atoms with van der Waals surface area (Å²) in [6.45, 7) is 4.02. The number of carbonyl (C=O) groups is 1. The molecule has 0 radical (unpaired) electrons. The monoisotopic (exact) mass is 459 g/mol. The Bertz CT molecular complexity index is 1300. The lowest BCUT2D eigenvalue weighted by molar-refractivity contribution is -0.117. The number of halogens is 1. The van der Waals surface area contributed by atoms with Crippen molar-refractivity contribution in [3.05, 3.63) is 89.2 Å². The average molecular weight is 460 g/mol. The molecule has 0 bridgehead atoms. The van der Waals surface area contributed by atoms with E-state index in [1.165, 1.54) is 0 Å². The molecular formula is C27H26ClN3O2. The van der Waals surface area contributed by atoms with Gasteiger partial charge in [-0.1, -0.05) is 54.1 Å². The van der Waals surface area contributed by atoms with Crippen molar-refractivity contribution in [1.82, 2.24) is 9.55 Å². The third-order valence-electron chi connectivity index (χ3n) is 6.19. The van der Waals surface area contributed by atoms with Crippen LogP contribution in [0.4, 0.5) is 5.69 Å². The van der Waals surface area contributed by atoms with E-state index in [1.807, 2.05) is 60.7 Å². The molecule has 0 spiro atoms. The minimum Gasteiger partial charge on any atom is -0.493 e.